The van der Waals surface area contributed by atoms with Gasteiger partial charge in [0.1, 0.15) is 5.82 Å². The van der Waals surface area contributed by atoms with Gasteiger partial charge in [0.25, 0.3) is 0 Å². The van der Waals surface area contributed by atoms with Crippen LogP contribution in [0.5, 0.6) is 0 Å². The summed E-state index contributed by atoms with van der Waals surface area (Å²) in [6.45, 7) is 3.54. The Kier molecular flexibility index (Phi) is 5.85. The Morgan fingerprint density at radius 2 is 1.82 bits per heavy atom. The van der Waals surface area contributed by atoms with Gasteiger partial charge in [-0.1, -0.05) is 12.1 Å². The first kappa shape index (κ1) is 22.3. The summed E-state index contributed by atoms with van der Waals surface area (Å²) in [5, 5.41) is 5.36. The Balaban J connectivity index is 1.25. The number of para-hydroxylation sites is 1. The van der Waals surface area contributed by atoms with Crippen molar-refractivity contribution in [2.75, 3.05) is 4.90 Å². The smallest absolute Gasteiger partial charge is 0.244 e. The first-order valence-corrected chi connectivity index (χ1v) is 12.7. The van der Waals surface area contributed by atoms with Crippen LogP contribution in [0.15, 0.2) is 35.7 Å². The van der Waals surface area contributed by atoms with E-state index in [1.165, 1.54) is 73.8 Å². The molecule has 1 heterocycles. The van der Waals surface area contributed by atoms with Gasteiger partial charge >= 0.3 is 0 Å². The highest BCUT2D eigenvalue weighted by Crippen LogP contribution is 2.61. The Hall–Kier alpha value is -2.54. The summed E-state index contributed by atoms with van der Waals surface area (Å²) in [5.74, 6) is 1.60. The van der Waals surface area contributed by atoms with Crippen molar-refractivity contribution in [3.05, 3.63) is 47.2 Å². The molecule has 0 saturated heterocycles. The van der Waals surface area contributed by atoms with Crippen LogP contribution in [0.25, 0.3) is 6.08 Å². The maximum atomic E-state index is 14.3. The highest BCUT2D eigenvalue weighted by atomic mass is 32.1. The molecule has 4 saturated carbocycles. The van der Waals surface area contributed by atoms with E-state index in [1.807, 2.05) is 0 Å². The molecule has 174 valence electrons. The molecule has 4 bridgehead atoms. The maximum absolute atomic E-state index is 14.3. The molecule has 1 aromatic carbocycles. The van der Waals surface area contributed by atoms with E-state index < -0.39 is 5.82 Å². The number of carbonyl (C=O) groups is 2. The molecule has 0 spiro atoms. The highest BCUT2D eigenvalue weighted by Gasteiger charge is 2.53. The fraction of sp³-hybridized carbons (Fsp3) is 0.500. The lowest BCUT2D eigenvalue weighted by molar-refractivity contribution is -0.121. The summed E-state index contributed by atoms with van der Waals surface area (Å²) in [4.78, 5) is 30.6. The van der Waals surface area contributed by atoms with Crippen LogP contribution in [0.1, 0.15) is 58.1 Å². The van der Waals surface area contributed by atoms with Gasteiger partial charge in [0.2, 0.25) is 11.8 Å². The summed E-state index contributed by atoms with van der Waals surface area (Å²) in [6, 6.07) is 6.28. The van der Waals surface area contributed by atoms with E-state index in [0.717, 1.165) is 17.8 Å². The van der Waals surface area contributed by atoms with Crippen molar-refractivity contribution in [1.29, 1.82) is 0 Å². The number of nitrogens with one attached hydrogen (secondary N) is 1. The molecular formula is C26H30FN3O2S. The van der Waals surface area contributed by atoms with Crippen LogP contribution in [0.2, 0.25) is 0 Å². The van der Waals surface area contributed by atoms with E-state index >= 15 is 0 Å². The number of aromatic nitrogens is 1. The Bertz CT molecular complexity index is 1060. The van der Waals surface area contributed by atoms with E-state index in [2.05, 4.69) is 17.2 Å². The third kappa shape index (κ3) is 4.35. The molecule has 2 amide bonds. The number of thiazole rings is 1. The minimum atomic E-state index is -0.488. The molecule has 7 heteroatoms. The van der Waals surface area contributed by atoms with Crippen molar-refractivity contribution >= 4 is 40.0 Å². The minimum absolute atomic E-state index is 0.120. The number of carbonyl (C=O) groups excluding carboxylic acids is 2. The Morgan fingerprint density at radius 1 is 1.18 bits per heavy atom. The molecule has 2 aromatic rings. The fourth-order valence-electron chi connectivity index (χ4n) is 6.78. The number of rotatable bonds is 6. The fourth-order valence-corrected chi connectivity index (χ4v) is 7.63. The van der Waals surface area contributed by atoms with Crippen LogP contribution in [0.4, 0.5) is 15.2 Å². The lowest BCUT2D eigenvalue weighted by atomic mass is 9.48. The van der Waals surface area contributed by atoms with Crippen LogP contribution < -0.4 is 10.2 Å². The first-order chi connectivity index (χ1) is 15.8. The van der Waals surface area contributed by atoms with Crippen LogP contribution in [0, 0.1) is 29.0 Å². The lowest BCUT2D eigenvalue weighted by Gasteiger charge is -2.59. The number of hydrogen-bond acceptors (Lipinski definition) is 4. The first-order valence-electron chi connectivity index (χ1n) is 11.8. The quantitative estimate of drug-likeness (QED) is 0.554. The molecular weight excluding hydrogens is 437 g/mol. The number of anilines is 2. The molecule has 6 rings (SSSR count). The SMILES string of the molecule is CC(=O)N(c1nc(/C=C/C(=O)NC(C)C23CC4CC(CC(C4)C2)C3)cs1)c1ccccc1F. The monoisotopic (exact) mass is 467 g/mol. The van der Waals surface area contributed by atoms with Crippen molar-refractivity contribution in [3.63, 3.8) is 0 Å². The van der Waals surface area contributed by atoms with Crippen LogP contribution in [-0.4, -0.2) is 22.8 Å². The third-order valence-electron chi connectivity index (χ3n) is 7.88. The number of nitrogens with zero attached hydrogens (tertiary/aromatic N) is 2. The largest absolute Gasteiger partial charge is 0.350 e. The van der Waals surface area contributed by atoms with Gasteiger partial charge in [-0.05, 0) is 86.8 Å². The van der Waals surface area contributed by atoms with E-state index in [-0.39, 0.29) is 29.0 Å². The van der Waals surface area contributed by atoms with Crippen molar-refractivity contribution in [2.24, 2.45) is 23.2 Å². The Morgan fingerprint density at radius 3 is 2.42 bits per heavy atom. The standard InChI is InChI=1S/C26H30FN3O2S/c1-16(26-12-18-9-19(13-26)11-20(10-18)14-26)28-24(32)8-7-21-15-33-25(29-21)30(17(2)31)23-6-4-3-5-22(23)27/h3-8,15-16,18-20H,9-14H2,1-2H3,(H,28,32)/b8-7+. The summed E-state index contributed by atoms with van der Waals surface area (Å²) in [7, 11) is 0. The summed E-state index contributed by atoms with van der Waals surface area (Å²) >= 11 is 1.24. The Labute approximate surface area is 198 Å². The van der Waals surface area contributed by atoms with Crippen LogP contribution in [-0.2, 0) is 9.59 Å². The highest BCUT2D eigenvalue weighted by molar-refractivity contribution is 7.14. The molecule has 0 aliphatic heterocycles. The molecule has 1 N–H and O–H groups in total. The molecule has 5 nitrogen and oxygen atoms in total. The summed E-state index contributed by atoms with van der Waals surface area (Å²) in [6.07, 6.45) is 11.1. The molecule has 4 aliphatic carbocycles. The summed E-state index contributed by atoms with van der Waals surface area (Å²) in [5.41, 5.74) is 0.987. The zero-order valence-corrected chi connectivity index (χ0v) is 19.9. The molecule has 4 fully saturated rings. The van der Waals surface area contributed by atoms with Crippen LogP contribution in [0.3, 0.4) is 0 Å². The summed E-state index contributed by atoms with van der Waals surface area (Å²) < 4.78 is 14.3. The molecule has 1 atom stereocenters. The molecule has 1 unspecified atom stereocenters. The van der Waals surface area contributed by atoms with E-state index in [9.17, 15) is 14.0 Å². The molecule has 0 radical (unpaired) electrons. The second-order valence-corrected chi connectivity index (χ2v) is 11.0. The number of benzene rings is 1. The van der Waals surface area contributed by atoms with Gasteiger partial charge in [0, 0.05) is 24.4 Å². The van der Waals surface area contributed by atoms with E-state index in [1.54, 1.807) is 29.7 Å². The van der Waals surface area contributed by atoms with Gasteiger partial charge in [-0.15, -0.1) is 11.3 Å². The number of halogens is 1. The average molecular weight is 468 g/mol. The van der Waals surface area contributed by atoms with Crippen molar-refractivity contribution in [3.8, 4) is 0 Å². The van der Waals surface area contributed by atoms with Gasteiger partial charge < -0.3 is 5.32 Å². The van der Waals surface area contributed by atoms with E-state index in [4.69, 9.17) is 0 Å². The van der Waals surface area contributed by atoms with E-state index in [0.29, 0.717) is 10.8 Å². The zero-order chi connectivity index (χ0) is 23.2. The van der Waals surface area contributed by atoms with Crippen molar-refractivity contribution in [1.82, 2.24) is 10.3 Å². The predicted octanol–water partition coefficient (Wildman–Crippen LogP) is 5.70. The normalized spacial score (nSPS) is 28.8. The molecule has 1 aromatic heterocycles. The van der Waals surface area contributed by atoms with Gasteiger partial charge in [-0.25, -0.2) is 9.37 Å². The molecule has 33 heavy (non-hydrogen) atoms. The number of amides is 2. The maximum Gasteiger partial charge on any atom is 0.244 e. The van der Waals surface area contributed by atoms with Gasteiger partial charge in [0.05, 0.1) is 11.4 Å². The van der Waals surface area contributed by atoms with Crippen molar-refractivity contribution < 1.29 is 14.0 Å². The lowest BCUT2D eigenvalue weighted by Crippen LogP contribution is -2.55. The van der Waals surface area contributed by atoms with Gasteiger partial charge in [-0.2, -0.15) is 0 Å². The van der Waals surface area contributed by atoms with Crippen molar-refractivity contribution in [2.45, 2.75) is 58.4 Å². The minimum Gasteiger partial charge on any atom is -0.350 e. The second kappa shape index (κ2) is 8.67. The van der Waals surface area contributed by atoms with Gasteiger partial charge in [-0.3, -0.25) is 14.5 Å². The molecule has 4 aliphatic rings. The topological polar surface area (TPSA) is 62.3 Å². The van der Waals surface area contributed by atoms with Gasteiger partial charge in [0.15, 0.2) is 5.13 Å². The zero-order valence-electron chi connectivity index (χ0n) is 19.1. The number of hydrogen-bond donors (Lipinski definition) is 1. The second-order valence-electron chi connectivity index (χ2n) is 10.2. The third-order valence-corrected chi connectivity index (χ3v) is 8.72. The predicted molar refractivity (Wildman–Crippen MR) is 129 cm³/mol. The average Bonchev–Trinajstić information content (AvgIpc) is 3.21. The van der Waals surface area contributed by atoms with Crippen LogP contribution >= 0.6 is 11.3 Å².